The quantitative estimate of drug-likeness (QED) is 0.591. The van der Waals surface area contributed by atoms with Gasteiger partial charge in [-0.3, -0.25) is 9.00 Å². The first kappa shape index (κ1) is 24.3. The molecule has 2 aromatic heterocycles. The Labute approximate surface area is 210 Å². The smallest absolute Gasteiger partial charge is 0.273 e. The number of nitrogens with zero attached hydrogens (tertiary/aromatic N) is 8. The van der Waals surface area contributed by atoms with Crippen molar-refractivity contribution >= 4 is 34.2 Å². The number of carbonyl (C=O) groups is 1. The van der Waals surface area contributed by atoms with E-state index < -0.39 is 21.7 Å². The summed E-state index contributed by atoms with van der Waals surface area (Å²) in [4.78, 5) is 27.5. The van der Waals surface area contributed by atoms with Gasteiger partial charge in [-0.15, -0.1) is 10.2 Å². The molecular weight excluding hydrogens is 487 g/mol. The molecule has 5 rings (SSSR count). The number of aromatic nitrogens is 4. The largest absolute Gasteiger partial charge is 0.493 e. The van der Waals surface area contributed by atoms with Gasteiger partial charge in [0.15, 0.2) is 11.6 Å². The number of halogens is 1. The van der Waals surface area contributed by atoms with Crippen molar-refractivity contribution in [1.29, 1.82) is 5.26 Å². The fourth-order valence-electron chi connectivity index (χ4n) is 5.12. The van der Waals surface area contributed by atoms with Gasteiger partial charge in [0.2, 0.25) is 5.69 Å². The molecule has 0 saturated carbocycles. The Morgan fingerprint density at radius 1 is 1.28 bits per heavy atom. The molecule has 0 radical (unpaired) electrons. The number of rotatable bonds is 4. The van der Waals surface area contributed by atoms with Gasteiger partial charge in [0.25, 0.3) is 10.9 Å². The van der Waals surface area contributed by atoms with Gasteiger partial charge in [-0.1, -0.05) is 13.8 Å². The van der Waals surface area contributed by atoms with Crippen LogP contribution in [0.5, 0.6) is 5.75 Å². The number of carbonyl (C=O) groups excluding carboxylic acids is 1. The lowest BCUT2D eigenvalue weighted by atomic mass is 9.87. The highest BCUT2D eigenvalue weighted by Gasteiger charge is 2.55. The summed E-state index contributed by atoms with van der Waals surface area (Å²) in [5, 5.41) is 15.2. The number of hydrogen-bond donors (Lipinski definition) is 0. The van der Waals surface area contributed by atoms with Crippen molar-refractivity contribution in [2.75, 3.05) is 48.8 Å². The van der Waals surface area contributed by atoms with E-state index in [2.05, 4.69) is 38.9 Å². The molecule has 11 nitrogen and oxygen atoms in total. The second-order valence-electron chi connectivity index (χ2n) is 9.92. The highest BCUT2D eigenvalue weighted by molar-refractivity contribution is 7.88. The summed E-state index contributed by atoms with van der Waals surface area (Å²) < 4.78 is 32.1. The van der Waals surface area contributed by atoms with Crippen molar-refractivity contribution in [2.24, 2.45) is 0 Å². The summed E-state index contributed by atoms with van der Waals surface area (Å²) in [7, 11) is -0.285. The van der Waals surface area contributed by atoms with Gasteiger partial charge >= 0.3 is 0 Å². The summed E-state index contributed by atoms with van der Waals surface area (Å²) in [6.45, 7) is 7.84. The molecule has 3 aliphatic heterocycles. The van der Waals surface area contributed by atoms with Gasteiger partial charge < -0.3 is 19.4 Å². The fourth-order valence-corrected chi connectivity index (χ4v) is 6.16. The van der Waals surface area contributed by atoms with Crippen LogP contribution < -0.4 is 14.5 Å². The Morgan fingerprint density at radius 2 is 2.03 bits per heavy atom. The Hall–Kier alpha value is -3.40. The maximum atomic E-state index is 14.9. The second-order valence-corrected chi connectivity index (χ2v) is 11.7. The van der Waals surface area contributed by atoms with Gasteiger partial charge in [-0.05, 0) is 6.92 Å². The third-order valence-corrected chi connectivity index (χ3v) is 8.79. The molecule has 0 spiro atoms. The van der Waals surface area contributed by atoms with Gasteiger partial charge in [0, 0.05) is 61.4 Å². The van der Waals surface area contributed by atoms with E-state index in [-0.39, 0.29) is 29.3 Å². The molecule has 5 heterocycles. The van der Waals surface area contributed by atoms with E-state index in [0.29, 0.717) is 43.6 Å². The van der Waals surface area contributed by atoms with E-state index in [1.165, 1.54) is 18.3 Å². The minimum absolute atomic E-state index is 0.0118. The average molecular weight is 515 g/mol. The topological polar surface area (TPSA) is 128 Å². The van der Waals surface area contributed by atoms with Crippen LogP contribution in [0.25, 0.3) is 0 Å². The minimum atomic E-state index is -2.25. The van der Waals surface area contributed by atoms with Gasteiger partial charge in [0.1, 0.15) is 24.0 Å². The molecule has 36 heavy (non-hydrogen) atoms. The number of nitriles is 1. The highest BCUT2D eigenvalue weighted by Crippen LogP contribution is 2.47. The van der Waals surface area contributed by atoms with Crippen LogP contribution in [-0.4, -0.2) is 85.3 Å². The van der Waals surface area contributed by atoms with Crippen LogP contribution in [0.2, 0.25) is 0 Å². The van der Waals surface area contributed by atoms with E-state index in [9.17, 15) is 18.7 Å². The van der Waals surface area contributed by atoms with Crippen molar-refractivity contribution in [3.63, 3.8) is 0 Å². The van der Waals surface area contributed by atoms with E-state index >= 15 is 0 Å². The molecule has 0 aliphatic carbocycles. The molecular formula is C23H27FN8O3S. The predicted molar refractivity (Wildman–Crippen MR) is 130 cm³/mol. The van der Waals surface area contributed by atoms with Crippen molar-refractivity contribution in [3.05, 3.63) is 23.7 Å². The van der Waals surface area contributed by atoms with Crippen LogP contribution >= 0.6 is 0 Å². The van der Waals surface area contributed by atoms with Crippen molar-refractivity contribution in [2.45, 2.75) is 43.6 Å². The van der Waals surface area contributed by atoms with Crippen LogP contribution in [0.3, 0.4) is 0 Å². The molecule has 3 aliphatic rings. The Bertz CT molecular complexity index is 1300. The van der Waals surface area contributed by atoms with E-state index in [0.717, 1.165) is 11.4 Å². The summed E-state index contributed by atoms with van der Waals surface area (Å²) in [6.07, 6.45) is 1.50. The number of hydrogen-bond acceptors (Lipinski definition) is 10. The Morgan fingerprint density at radius 3 is 2.64 bits per heavy atom. The first-order valence-corrected chi connectivity index (χ1v) is 13.0. The second kappa shape index (κ2) is 8.62. The Kier molecular flexibility index (Phi) is 5.82. The zero-order valence-corrected chi connectivity index (χ0v) is 21.4. The SMILES string of the molecule is COc1cc(N2CC(C)(C)c3c(N4CCN(C(=O)C5(F)CCS5=O)C(C)C4)ncnc32)nnc1C#N. The number of piperazine rings is 1. The fraction of sp³-hybridized carbons (Fsp3) is 0.565. The summed E-state index contributed by atoms with van der Waals surface area (Å²) in [6, 6.07) is 3.36. The van der Waals surface area contributed by atoms with Gasteiger partial charge in [-0.25, -0.2) is 14.4 Å². The molecule has 3 atom stereocenters. The predicted octanol–water partition coefficient (Wildman–Crippen LogP) is 1.43. The van der Waals surface area contributed by atoms with Crippen LogP contribution in [-0.2, 0) is 21.0 Å². The van der Waals surface area contributed by atoms with E-state index in [1.807, 2.05) is 17.9 Å². The third-order valence-electron chi connectivity index (χ3n) is 7.12. The van der Waals surface area contributed by atoms with Crippen LogP contribution in [0.15, 0.2) is 12.4 Å². The first-order valence-electron chi connectivity index (χ1n) is 11.7. The maximum absolute atomic E-state index is 14.9. The number of methoxy groups -OCH3 is 1. The molecule has 3 unspecified atom stereocenters. The molecule has 0 N–H and O–H groups in total. The van der Waals surface area contributed by atoms with E-state index in [1.54, 1.807) is 6.07 Å². The summed E-state index contributed by atoms with van der Waals surface area (Å²) in [5.74, 6) is 1.83. The standard InChI is InChI=1S/C23H27FN8O3S/c1-14-11-30(6-7-31(14)21(33)23(24)5-8-36(23)34)19-18-20(27-13-26-19)32(12-22(18,2)3)17-9-16(35-4)15(10-25)28-29-17/h9,13-14H,5-8,11-12H2,1-4H3. The van der Waals surface area contributed by atoms with Crippen LogP contribution in [0.4, 0.5) is 21.8 Å². The summed E-state index contributed by atoms with van der Waals surface area (Å²) >= 11 is 0. The lowest BCUT2D eigenvalue weighted by Crippen LogP contribution is -2.62. The average Bonchev–Trinajstić information content (AvgIpc) is 3.17. The lowest BCUT2D eigenvalue weighted by Gasteiger charge is -2.44. The number of amides is 1. The highest BCUT2D eigenvalue weighted by atomic mass is 32.2. The van der Waals surface area contributed by atoms with Crippen molar-refractivity contribution < 1.29 is 18.1 Å². The van der Waals surface area contributed by atoms with Gasteiger partial charge in [0.05, 0.1) is 17.9 Å². The molecule has 1 amide bonds. The molecule has 2 aromatic rings. The zero-order chi connectivity index (χ0) is 25.8. The van der Waals surface area contributed by atoms with Gasteiger partial charge in [-0.2, -0.15) is 5.26 Å². The zero-order valence-electron chi connectivity index (χ0n) is 20.6. The number of alkyl halides is 1. The first-order chi connectivity index (χ1) is 17.1. The minimum Gasteiger partial charge on any atom is -0.493 e. The lowest BCUT2D eigenvalue weighted by molar-refractivity contribution is -0.142. The van der Waals surface area contributed by atoms with Crippen LogP contribution in [0.1, 0.15) is 38.4 Å². The molecule has 2 fully saturated rings. The normalized spacial score (nSPS) is 26.7. The molecule has 190 valence electrons. The van der Waals surface area contributed by atoms with Crippen LogP contribution in [0, 0.1) is 11.3 Å². The Balaban J connectivity index is 1.44. The monoisotopic (exact) mass is 514 g/mol. The van der Waals surface area contributed by atoms with Crippen molar-refractivity contribution in [3.8, 4) is 11.8 Å². The van der Waals surface area contributed by atoms with E-state index in [4.69, 9.17) is 4.74 Å². The third kappa shape index (κ3) is 3.66. The molecule has 0 bridgehead atoms. The number of fused-ring (bicyclic) bond motifs is 1. The maximum Gasteiger partial charge on any atom is 0.273 e. The molecule has 2 saturated heterocycles. The molecule has 13 heteroatoms. The molecule has 0 aromatic carbocycles. The number of ether oxygens (including phenoxy) is 1. The van der Waals surface area contributed by atoms with Crippen molar-refractivity contribution in [1.82, 2.24) is 25.1 Å². The summed E-state index contributed by atoms with van der Waals surface area (Å²) in [5.41, 5.74) is 0.686. The number of anilines is 3.